The number of carbonyl (C=O) groups excluding carboxylic acids is 1. The molecule has 0 bridgehead atoms. The molecule has 0 aliphatic heterocycles. The molecule has 112 valence electrons. The largest absolute Gasteiger partial charge is 0.345 e. The minimum absolute atomic E-state index is 0.219. The van der Waals surface area contributed by atoms with Crippen LogP contribution in [0.5, 0.6) is 0 Å². The molecule has 4 heteroatoms. The van der Waals surface area contributed by atoms with Crippen LogP contribution < -0.4 is 5.73 Å². The molecule has 1 aromatic heterocycles. The van der Waals surface area contributed by atoms with Crippen LogP contribution in [-0.2, 0) is 11.2 Å². The highest BCUT2D eigenvalue weighted by Gasteiger charge is 2.12. The summed E-state index contributed by atoms with van der Waals surface area (Å²) in [6, 6.07) is 5.87. The second kappa shape index (κ2) is 9.48. The van der Waals surface area contributed by atoms with Crippen molar-refractivity contribution >= 4 is 5.91 Å². The molecule has 4 nitrogen and oxygen atoms in total. The number of pyridine rings is 1. The molecule has 20 heavy (non-hydrogen) atoms. The second-order valence-corrected chi connectivity index (χ2v) is 5.28. The smallest absolute Gasteiger partial charge is 0.222 e. The average Bonchev–Trinajstić information content (AvgIpc) is 2.49. The van der Waals surface area contributed by atoms with E-state index < -0.39 is 0 Å². The molecule has 0 radical (unpaired) electrons. The van der Waals surface area contributed by atoms with E-state index >= 15 is 0 Å². The lowest BCUT2D eigenvalue weighted by Gasteiger charge is -2.19. The number of hydrogen-bond donors (Lipinski definition) is 1. The first-order chi connectivity index (χ1) is 9.67. The first kappa shape index (κ1) is 16.6. The summed E-state index contributed by atoms with van der Waals surface area (Å²) in [5, 5.41) is 0. The maximum absolute atomic E-state index is 12.1. The zero-order chi connectivity index (χ0) is 14.8. The third-order valence-electron chi connectivity index (χ3n) is 3.77. The normalized spacial score (nSPS) is 12.2. The first-order valence-electron chi connectivity index (χ1n) is 7.51. The summed E-state index contributed by atoms with van der Waals surface area (Å²) >= 11 is 0. The van der Waals surface area contributed by atoms with Crippen LogP contribution in [0, 0.1) is 5.92 Å². The van der Waals surface area contributed by atoms with Gasteiger partial charge in [0.2, 0.25) is 5.91 Å². The van der Waals surface area contributed by atoms with Crippen LogP contribution in [0.25, 0.3) is 0 Å². The van der Waals surface area contributed by atoms with Crippen LogP contribution in [0.2, 0.25) is 0 Å². The van der Waals surface area contributed by atoms with E-state index in [-0.39, 0.29) is 5.91 Å². The van der Waals surface area contributed by atoms with Crippen LogP contribution in [0.3, 0.4) is 0 Å². The fourth-order valence-corrected chi connectivity index (χ4v) is 2.26. The van der Waals surface area contributed by atoms with E-state index in [1.807, 2.05) is 30.1 Å². The summed E-state index contributed by atoms with van der Waals surface area (Å²) in [7, 11) is 1.87. The van der Waals surface area contributed by atoms with Gasteiger partial charge in [-0.15, -0.1) is 0 Å². The van der Waals surface area contributed by atoms with Crippen molar-refractivity contribution in [1.29, 1.82) is 0 Å². The predicted octanol–water partition coefficient (Wildman–Crippen LogP) is 2.24. The van der Waals surface area contributed by atoms with Gasteiger partial charge in [0, 0.05) is 38.3 Å². The van der Waals surface area contributed by atoms with Crippen LogP contribution in [-0.4, -0.2) is 35.9 Å². The molecule has 1 aromatic rings. The molecule has 0 saturated carbocycles. The lowest BCUT2D eigenvalue weighted by atomic mass is 9.96. The van der Waals surface area contributed by atoms with Crippen molar-refractivity contribution in [2.24, 2.45) is 11.7 Å². The fraction of sp³-hybridized carbons (Fsp3) is 0.625. The number of hydrogen-bond acceptors (Lipinski definition) is 3. The van der Waals surface area contributed by atoms with E-state index in [1.165, 1.54) is 0 Å². The lowest BCUT2D eigenvalue weighted by molar-refractivity contribution is -0.130. The van der Waals surface area contributed by atoms with Crippen molar-refractivity contribution in [2.45, 2.75) is 39.0 Å². The zero-order valence-corrected chi connectivity index (χ0v) is 12.7. The predicted molar refractivity (Wildman–Crippen MR) is 82.3 cm³/mol. The van der Waals surface area contributed by atoms with Crippen molar-refractivity contribution in [1.82, 2.24) is 9.88 Å². The molecule has 1 unspecified atom stereocenters. The fourth-order valence-electron chi connectivity index (χ4n) is 2.26. The van der Waals surface area contributed by atoms with Crippen molar-refractivity contribution in [3.05, 3.63) is 30.1 Å². The van der Waals surface area contributed by atoms with Gasteiger partial charge in [-0.2, -0.15) is 0 Å². The molecule has 0 aliphatic carbocycles. The Hall–Kier alpha value is -1.42. The summed E-state index contributed by atoms with van der Waals surface area (Å²) < 4.78 is 0. The molecule has 0 aliphatic rings. The van der Waals surface area contributed by atoms with Gasteiger partial charge < -0.3 is 10.6 Å². The van der Waals surface area contributed by atoms with E-state index in [2.05, 4.69) is 11.9 Å². The Labute approximate surface area is 122 Å². The van der Waals surface area contributed by atoms with Gasteiger partial charge in [0.25, 0.3) is 0 Å². The van der Waals surface area contributed by atoms with Gasteiger partial charge in [0.1, 0.15) is 0 Å². The standard InChI is InChI=1S/C16H27N3O/c1-3-14(9-11-17)7-8-16(20)19(2)13-10-15-6-4-5-12-18-15/h4-6,12,14H,3,7-11,13,17H2,1-2H3. The quantitative estimate of drug-likeness (QED) is 0.753. The van der Waals surface area contributed by atoms with Gasteiger partial charge >= 0.3 is 0 Å². The number of nitrogens with zero attached hydrogens (tertiary/aromatic N) is 2. The molecule has 1 rings (SSSR count). The summed E-state index contributed by atoms with van der Waals surface area (Å²) in [5.41, 5.74) is 6.61. The molecule has 0 fully saturated rings. The molecule has 0 saturated heterocycles. The summed E-state index contributed by atoms with van der Waals surface area (Å²) in [6.07, 6.45) is 6.28. The van der Waals surface area contributed by atoms with Gasteiger partial charge in [-0.3, -0.25) is 9.78 Å². The van der Waals surface area contributed by atoms with Gasteiger partial charge in [0.15, 0.2) is 0 Å². The topological polar surface area (TPSA) is 59.2 Å². The highest BCUT2D eigenvalue weighted by Crippen LogP contribution is 2.15. The van der Waals surface area contributed by atoms with Crippen molar-refractivity contribution in [3.8, 4) is 0 Å². The van der Waals surface area contributed by atoms with Crippen molar-refractivity contribution in [2.75, 3.05) is 20.1 Å². The number of nitrogens with two attached hydrogens (primary N) is 1. The number of amides is 1. The molecule has 1 heterocycles. The molecule has 1 amide bonds. The Balaban J connectivity index is 2.28. The molecule has 1 atom stereocenters. The summed E-state index contributed by atoms with van der Waals surface area (Å²) in [5.74, 6) is 0.796. The maximum Gasteiger partial charge on any atom is 0.222 e. The molecule has 2 N–H and O–H groups in total. The van der Waals surface area contributed by atoms with Crippen LogP contribution >= 0.6 is 0 Å². The molecule has 0 aromatic carbocycles. The average molecular weight is 277 g/mol. The first-order valence-corrected chi connectivity index (χ1v) is 7.51. The third-order valence-corrected chi connectivity index (χ3v) is 3.77. The maximum atomic E-state index is 12.1. The Morgan fingerprint density at radius 2 is 2.20 bits per heavy atom. The third kappa shape index (κ3) is 6.15. The lowest BCUT2D eigenvalue weighted by Crippen LogP contribution is -2.29. The highest BCUT2D eigenvalue weighted by atomic mass is 16.2. The molecular formula is C16H27N3O. The van der Waals surface area contributed by atoms with E-state index in [9.17, 15) is 4.79 Å². The molecule has 0 spiro atoms. The highest BCUT2D eigenvalue weighted by molar-refractivity contribution is 5.75. The van der Waals surface area contributed by atoms with Crippen LogP contribution in [0.4, 0.5) is 0 Å². The van der Waals surface area contributed by atoms with E-state index in [0.717, 1.165) is 37.9 Å². The van der Waals surface area contributed by atoms with Gasteiger partial charge in [0.05, 0.1) is 0 Å². The number of carbonyl (C=O) groups is 1. The summed E-state index contributed by atoms with van der Waals surface area (Å²) in [4.78, 5) is 18.1. The van der Waals surface area contributed by atoms with Crippen LogP contribution in [0.15, 0.2) is 24.4 Å². The van der Waals surface area contributed by atoms with E-state index in [0.29, 0.717) is 18.9 Å². The monoisotopic (exact) mass is 277 g/mol. The molecular weight excluding hydrogens is 250 g/mol. The van der Waals surface area contributed by atoms with Crippen molar-refractivity contribution in [3.63, 3.8) is 0 Å². The van der Waals surface area contributed by atoms with Gasteiger partial charge in [-0.05, 0) is 37.4 Å². The zero-order valence-electron chi connectivity index (χ0n) is 12.7. The van der Waals surface area contributed by atoms with E-state index in [4.69, 9.17) is 5.73 Å². The number of likely N-dealkylation sites (N-methyl/N-ethyl adjacent to an activating group) is 1. The van der Waals surface area contributed by atoms with E-state index in [1.54, 1.807) is 6.20 Å². The minimum atomic E-state index is 0.219. The number of aromatic nitrogens is 1. The summed E-state index contributed by atoms with van der Waals surface area (Å²) in [6.45, 7) is 3.60. The van der Waals surface area contributed by atoms with Crippen LogP contribution in [0.1, 0.15) is 38.3 Å². The Bertz CT molecular complexity index is 381. The Kier molecular flexibility index (Phi) is 7.88. The second-order valence-electron chi connectivity index (χ2n) is 5.28. The minimum Gasteiger partial charge on any atom is -0.345 e. The Morgan fingerprint density at radius 1 is 1.40 bits per heavy atom. The van der Waals surface area contributed by atoms with Gasteiger partial charge in [-0.1, -0.05) is 19.4 Å². The van der Waals surface area contributed by atoms with Crippen molar-refractivity contribution < 1.29 is 4.79 Å². The number of rotatable bonds is 9. The van der Waals surface area contributed by atoms with Gasteiger partial charge in [-0.25, -0.2) is 0 Å². The Morgan fingerprint density at radius 3 is 2.80 bits per heavy atom. The SMILES string of the molecule is CCC(CCN)CCC(=O)N(C)CCc1ccccn1.